The Balaban J connectivity index is 1.79. The van der Waals surface area contributed by atoms with Crippen LogP contribution in [0.1, 0.15) is 58.6 Å². The number of nitrogens with one attached hydrogen (secondary N) is 1. The smallest absolute Gasteiger partial charge is 0.0453 e. The maximum atomic E-state index is 6.33. The van der Waals surface area contributed by atoms with Crippen LogP contribution in [0, 0.1) is 16.7 Å². The summed E-state index contributed by atoms with van der Waals surface area (Å²) in [7, 11) is 0. The number of rotatable bonds is 3. The van der Waals surface area contributed by atoms with Gasteiger partial charge in [0.2, 0.25) is 0 Å². The van der Waals surface area contributed by atoms with Gasteiger partial charge >= 0.3 is 0 Å². The molecule has 2 aliphatic rings. The van der Waals surface area contributed by atoms with E-state index >= 15 is 0 Å². The molecular formula is C18H26ClN. The predicted molar refractivity (Wildman–Crippen MR) is 86.0 cm³/mol. The number of hydrogen-bond acceptors (Lipinski definition) is 1. The summed E-state index contributed by atoms with van der Waals surface area (Å²) in [4.78, 5) is 0. The maximum absolute atomic E-state index is 6.33. The van der Waals surface area contributed by atoms with Gasteiger partial charge in [0.05, 0.1) is 0 Å². The van der Waals surface area contributed by atoms with E-state index in [1.807, 2.05) is 12.1 Å². The summed E-state index contributed by atoms with van der Waals surface area (Å²) in [6, 6.07) is 9.14. The van der Waals surface area contributed by atoms with Crippen molar-refractivity contribution in [3.8, 4) is 0 Å². The lowest BCUT2D eigenvalue weighted by Crippen LogP contribution is -2.45. The number of hydrogen-bond donors (Lipinski definition) is 1. The van der Waals surface area contributed by atoms with E-state index < -0.39 is 0 Å². The summed E-state index contributed by atoms with van der Waals surface area (Å²) < 4.78 is 0. The summed E-state index contributed by atoms with van der Waals surface area (Å²) in [5.41, 5.74) is 2.11. The lowest BCUT2D eigenvalue weighted by molar-refractivity contribution is 0.116. The van der Waals surface area contributed by atoms with Crippen molar-refractivity contribution < 1.29 is 0 Å². The third-order valence-corrected chi connectivity index (χ3v) is 6.96. The molecule has 1 N–H and O–H groups in total. The first-order valence-electron chi connectivity index (χ1n) is 7.87. The van der Waals surface area contributed by atoms with Crippen LogP contribution in [0.2, 0.25) is 5.02 Å². The van der Waals surface area contributed by atoms with Gasteiger partial charge in [-0.25, -0.2) is 0 Å². The molecular weight excluding hydrogens is 266 g/mol. The zero-order chi connectivity index (χ0) is 14.5. The fourth-order valence-corrected chi connectivity index (χ4v) is 4.97. The molecule has 110 valence electrons. The maximum Gasteiger partial charge on any atom is 0.0453 e. The molecule has 2 aliphatic carbocycles. The topological polar surface area (TPSA) is 12.0 Å². The van der Waals surface area contributed by atoms with Crippen molar-refractivity contribution in [2.45, 2.75) is 59.0 Å². The molecule has 0 aliphatic heterocycles. The van der Waals surface area contributed by atoms with Crippen molar-refractivity contribution in [3.63, 3.8) is 0 Å². The lowest BCUT2D eigenvalue weighted by atomic mass is 9.69. The Bertz CT molecular complexity index is 510. The summed E-state index contributed by atoms with van der Waals surface area (Å²) in [6.07, 6.45) is 4.08. The van der Waals surface area contributed by atoms with E-state index in [0.29, 0.717) is 22.9 Å². The Kier molecular flexibility index (Phi) is 3.42. The Morgan fingerprint density at radius 1 is 1.25 bits per heavy atom. The van der Waals surface area contributed by atoms with Crippen molar-refractivity contribution in [1.29, 1.82) is 0 Å². The standard InChI is InChI=1S/C18H26ClN/c1-12(14-7-5-6-8-15(14)19)20-16-11-13-9-10-18(16,4)17(13,2)3/h5-8,12-13,16,20H,9-11H2,1-4H3/t12-,13?,16?,18?/m1/s1. The first kappa shape index (κ1) is 14.4. The SMILES string of the molecule is C[C@@H](NC1CC2CCC1(C)C2(C)C)c1ccccc1Cl. The molecule has 0 saturated heterocycles. The molecule has 2 heteroatoms. The van der Waals surface area contributed by atoms with Crippen LogP contribution in [-0.4, -0.2) is 6.04 Å². The largest absolute Gasteiger partial charge is 0.307 e. The normalized spacial score (nSPS) is 36.2. The van der Waals surface area contributed by atoms with E-state index in [9.17, 15) is 0 Å². The first-order chi connectivity index (χ1) is 9.36. The molecule has 3 unspecified atom stereocenters. The average molecular weight is 292 g/mol. The molecule has 1 nitrogen and oxygen atoms in total. The Morgan fingerprint density at radius 2 is 1.95 bits per heavy atom. The molecule has 1 aromatic carbocycles. The lowest BCUT2D eigenvalue weighted by Gasteiger charge is -2.41. The van der Waals surface area contributed by atoms with E-state index in [1.54, 1.807) is 0 Å². The highest BCUT2D eigenvalue weighted by Gasteiger charge is 2.61. The minimum atomic E-state index is 0.320. The Morgan fingerprint density at radius 3 is 2.50 bits per heavy atom. The number of fused-ring (bicyclic) bond motifs is 2. The number of benzene rings is 1. The van der Waals surface area contributed by atoms with Gasteiger partial charge in [0.15, 0.2) is 0 Å². The second kappa shape index (κ2) is 4.74. The van der Waals surface area contributed by atoms with E-state index in [0.717, 1.165) is 10.9 Å². The minimum absolute atomic E-state index is 0.320. The molecule has 2 fully saturated rings. The highest BCUT2D eigenvalue weighted by molar-refractivity contribution is 6.31. The van der Waals surface area contributed by atoms with E-state index in [1.165, 1.54) is 24.8 Å². The van der Waals surface area contributed by atoms with Crippen LogP contribution >= 0.6 is 11.6 Å². The molecule has 2 saturated carbocycles. The van der Waals surface area contributed by atoms with Gasteiger partial charge < -0.3 is 5.32 Å². The molecule has 0 heterocycles. The molecule has 3 rings (SSSR count). The minimum Gasteiger partial charge on any atom is -0.307 e. The molecule has 0 spiro atoms. The van der Waals surface area contributed by atoms with E-state index in [-0.39, 0.29) is 0 Å². The fourth-order valence-electron chi connectivity index (χ4n) is 4.67. The fraction of sp³-hybridized carbons (Fsp3) is 0.667. The molecule has 20 heavy (non-hydrogen) atoms. The molecule has 0 radical (unpaired) electrons. The van der Waals surface area contributed by atoms with Crippen LogP contribution < -0.4 is 5.32 Å². The van der Waals surface area contributed by atoms with Gasteiger partial charge in [0.25, 0.3) is 0 Å². The van der Waals surface area contributed by atoms with Gasteiger partial charge in [-0.2, -0.15) is 0 Å². The third kappa shape index (κ3) is 1.94. The van der Waals surface area contributed by atoms with E-state index in [2.05, 4.69) is 45.1 Å². The van der Waals surface area contributed by atoms with Gasteiger partial charge in [-0.1, -0.05) is 50.6 Å². The molecule has 1 aromatic rings. The van der Waals surface area contributed by atoms with Gasteiger partial charge in [0.1, 0.15) is 0 Å². The predicted octanol–water partition coefficient (Wildman–Crippen LogP) is 5.21. The molecule has 4 atom stereocenters. The zero-order valence-corrected chi connectivity index (χ0v) is 13.8. The molecule has 2 bridgehead atoms. The van der Waals surface area contributed by atoms with Crippen molar-refractivity contribution in [1.82, 2.24) is 5.32 Å². The summed E-state index contributed by atoms with van der Waals surface area (Å²) in [6.45, 7) is 9.65. The monoisotopic (exact) mass is 291 g/mol. The summed E-state index contributed by atoms with van der Waals surface area (Å²) >= 11 is 6.33. The second-order valence-electron chi connectivity index (χ2n) is 7.57. The van der Waals surface area contributed by atoms with Crippen molar-refractivity contribution >= 4 is 11.6 Å². The first-order valence-corrected chi connectivity index (χ1v) is 8.24. The second-order valence-corrected chi connectivity index (χ2v) is 7.98. The zero-order valence-electron chi connectivity index (χ0n) is 13.0. The third-order valence-electron chi connectivity index (χ3n) is 6.62. The van der Waals surface area contributed by atoms with Crippen molar-refractivity contribution in [2.24, 2.45) is 16.7 Å². The van der Waals surface area contributed by atoms with Crippen LogP contribution in [-0.2, 0) is 0 Å². The summed E-state index contributed by atoms with van der Waals surface area (Å²) in [5.74, 6) is 0.878. The van der Waals surface area contributed by atoms with Crippen LogP contribution in [0.5, 0.6) is 0 Å². The van der Waals surface area contributed by atoms with Gasteiger partial charge in [0, 0.05) is 17.1 Å². The van der Waals surface area contributed by atoms with E-state index in [4.69, 9.17) is 11.6 Å². The molecule has 0 aromatic heterocycles. The highest BCUT2D eigenvalue weighted by Crippen LogP contribution is 2.65. The Labute approximate surface area is 128 Å². The Hall–Kier alpha value is -0.530. The highest BCUT2D eigenvalue weighted by atomic mass is 35.5. The summed E-state index contributed by atoms with van der Waals surface area (Å²) in [5, 5.41) is 4.75. The van der Waals surface area contributed by atoms with Crippen molar-refractivity contribution in [2.75, 3.05) is 0 Å². The van der Waals surface area contributed by atoms with Crippen molar-refractivity contribution in [3.05, 3.63) is 34.9 Å². The van der Waals surface area contributed by atoms with Crippen LogP contribution in [0.15, 0.2) is 24.3 Å². The van der Waals surface area contributed by atoms with Gasteiger partial charge in [-0.3, -0.25) is 0 Å². The van der Waals surface area contributed by atoms with Gasteiger partial charge in [-0.05, 0) is 54.6 Å². The number of halogens is 1. The van der Waals surface area contributed by atoms with Crippen LogP contribution in [0.25, 0.3) is 0 Å². The molecule has 0 amide bonds. The van der Waals surface area contributed by atoms with Crippen LogP contribution in [0.4, 0.5) is 0 Å². The quantitative estimate of drug-likeness (QED) is 0.806. The van der Waals surface area contributed by atoms with Gasteiger partial charge in [-0.15, -0.1) is 0 Å². The average Bonchev–Trinajstić information content (AvgIpc) is 2.72. The van der Waals surface area contributed by atoms with Crippen LogP contribution in [0.3, 0.4) is 0 Å².